The Morgan fingerprint density at radius 3 is 2.60 bits per heavy atom. The molecule has 8 heteroatoms. The van der Waals surface area contributed by atoms with E-state index in [9.17, 15) is 13.2 Å². The van der Waals surface area contributed by atoms with Gasteiger partial charge in [0.25, 0.3) is 0 Å². The number of rotatable bonds is 2. The molecule has 84 valence electrons. The highest BCUT2D eigenvalue weighted by molar-refractivity contribution is 9.10. The summed E-state index contributed by atoms with van der Waals surface area (Å²) in [5.74, 6) is -0.502. The smallest absolute Gasteiger partial charge is 0.403 e. The van der Waals surface area contributed by atoms with Crippen molar-refractivity contribution in [2.24, 2.45) is 5.73 Å². The van der Waals surface area contributed by atoms with Gasteiger partial charge >= 0.3 is 6.36 Å². The summed E-state index contributed by atoms with van der Waals surface area (Å²) in [6.45, 7) is -0.179. The summed E-state index contributed by atoms with van der Waals surface area (Å²) in [7, 11) is 0. The fraction of sp³-hybridized carbons (Fsp3) is 0.286. The molecule has 0 atom stereocenters. The Balaban J connectivity index is 3.18. The topological polar surface area (TPSA) is 48.1 Å². The van der Waals surface area contributed by atoms with E-state index in [4.69, 9.17) is 17.3 Å². The van der Waals surface area contributed by atoms with Crippen molar-refractivity contribution >= 4 is 27.5 Å². The van der Waals surface area contributed by atoms with Gasteiger partial charge in [-0.15, -0.1) is 13.2 Å². The fourth-order valence-electron chi connectivity index (χ4n) is 0.850. The van der Waals surface area contributed by atoms with E-state index in [1.807, 2.05) is 0 Å². The van der Waals surface area contributed by atoms with Crippen molar-refractivity contribution in [1.82, 2.24) is 4.98 Å². The molecule has 1 aromatic heterocycles. The Morgan fingerprint density at radius 2 is 2.13 bits per heavy atom. The van der Waals surface area contributed by atoms with Crippen molar-refractivity contribution in [2.75, 3.05) is 0 Å². The van der Waals surface area contributed by atoms with Gasteiger partial charge in [-0.25, -0.2) is 0 Å². The molecular weight excluding hydrogens is 300 g/mol. The summed E-state index contributed by atoms with van der Waals surface area (Å²) in [6.07, 6.45) is -3.62. The van der Waals surface area contributed by atoms with E-state index in [2.05, 4.69) is 25.7 Å². The largest absolute Gasteiger partial charge is 0.573 e. The molecule has 1 rings (SSSR count). The quantitative estimate of drug-likeness (QED) is 0.914. The minimum atomic E-state index is -4.81. The molecule has 0 aliphatic heterocycles. The second kappa shape index (κ2) is 4.54. The fourth-order valence-corrected chi connectivity index (χ4v) is 1.40. The van der Waals surface area contributed by atoms with Crippen LogP contribution in [0.1, 0.15) is 5.69 Å². The van der Waals surface area contributed by atoms with E-state index in [0.717, 1.165) is 0 Å². The van der Waals surface area contributed by atoms with Crippen LogP contribution in [0, 0.1) is 0 Å². The number of alkyl halides is 3. The predicted molar refractivity (Wildman–Crippen MR) is 51.5 cm³/mol. The third-order valence-electron chi connectivity index (χ3n) is 1.42. The van der Waals surface area contributed by atoms with Gasteiger partial charge in [0.05, 0.1) is 15.2 Å². The third-order valence-corrected chi connectivity index (χ3v) is 2.72. The molecule has 0 aromatic carbocycles. The average molecular weight is 305 g/mol. The Kier molecular flexibility index (Phi) is 3.80. The number of nitrogens with zero attached hydrogens (tertiary/aromatic N) is 1. The molecule has 0 fully saturated rings. The van der Waals surface area contributed by atoms with Gasteiger partial charge in [-0.2, -0.15) is 0 Å². The molecule has 0 aliphatic carbocycles. The summed E-state index contributed by atoms with van der Waals surface area (Å²) in [6, 6.07) is 0. The van der Waals surface area contributed by atoms with Crippen molar-refractivity contribution in [3.8, 4) is 5.75 Å². The van der Waals surface area contributed by atoms with Crippen LogP contribution in [0.15, 0.2) is 10.7 Å². The van der Waals surface area contributed by atoms with Crippen LogP contribution in [0.5, 0.6) is 5.75 Å². The highest BCUT2D eigenvalue weighted by Crippen LogP contribution is 2.37. The van der Waals surface area contributed by atoms with E-state index < -0.39 is 12.1 Å². The van der Waals surface area contributed by atoms with Crippen LogP contribution in [-0.4, -0.2) is 11.3 Å². The van der Waals surface area contributed by atoms with Crippen LogP contribution in [0.4, 0.5) is 13.2 Å². The molecule has 3 nitrogen and oxygen atoms in total. The van der Waals surface area contributed by atoms with Gasteiger partial charge in [0, 0.05) is 12.7 Å². The van der Waals surface area contributed by atoms with Crippen LogP contribution < -0.4 is 10.5 Å². The first-order valence-electron chi connectivity index (χ1n) is 3.64. The van der Waals surface area contributed by atoms with E-state index in [1.165, 1.54) is 6.20 Å². The lowest BCUT2D eigenvalue weighted by atomic mass is 10.3. The molecule has 0 spiro atoms. The van der Waals surface area contributed by atoms with E-state index in [-0.39, 0.29) is 21.7 Å². The number of ether oxygens (including phenoxy) is 1. The molecule has 0 radical (unpaired) electrons. The summed E-state index contributed by atoms with van der Waals surface area (Å²) in [5, 5.41) is 0.0199. The standard InChI is InChI=1S/C7H5BrClF3N2O/c8-5-3(9)2-14-4(1-13)6(5)15-7(10,11)12/h2H,1,13H2. The van der Waals surface area contributed by atoms with E-state index >= 15 is 0 Å². The monoisotopic (exact) mass is 304 g/mol. The first-order valence-corrected chi connectivity index (χ1v) is 4.81. The molecule has 0 aliphatic rings. The first kappa shape index (κ1) is 12.5. The maximum atomic E-state index is 12.0. The van der Waals surface area contributed by atoms with Gasteiger partial charge in [0.1, 0.15) is 0 Å². The van der Waals surface area contributed by atoms with Gasteiger partial charge in [-0.3, -0.25) is 4.98 Å². The van der Waals surface area contributed by atoms with Crippen LogP contribution in [-0.2, 0) is 6.54 Å². The summed E-state index contributed by atoms with van der Waals surface area (Å²) in [4.78, 5) is 3.63. The zero-order chi connectivity index (χ0) is 11.6. The van der Waals surface area contributed by atoms with Crippen molar-refractivity contribution in [3.63, 3.8) is 0 Å². The molecule has 15 heavy (non-hydrogen) atoms. The number of nitrogens with two attached hydrogens (primary N) is 1. The van der Waals surface area contributed by atoms with Crippen molar-refractivity contribution in [2.45, 2.75) is 12.9 Å². The normalized spacial score (nSPS) is 11.6. The van der Waals surface area contributed by atoms with Crippen LogP contribution in [0.3, 0.4) is 0 Å². The Morgan fingerprint density at radius 1 is 1.53 bits per heavy atom. The molecule has 2 N–H and O–H groups in total. The molecule has 0 amide bonds. The van der Waals surface area contributed by atoms with Crippen LogP contribution in [0.2, 0.25) is 5.02 Å². The molecule has 1 heterocycles. The summed E-state index contributed by atoms with van der Waals surface area (Å²) >= 11 is 8.45. The number of hydrogen-bond donors (Lipinski definition) is 1. The average Bonchev–Trinajstić information content (AvgIpc) is 2.11. The van der Waals surface area contributed by atoms with E-state index in [1.54, 1.807) is 0 Å². The minimum Gasteiger partial charge on any atom is -0.403 e. The Hall–Kier alpha value is -0.530. The Bertz CT molecular complexity index is 372. The van der Waals surface area contributed by atoms with Crippen molar-refractivity contribution in [3.05, 3.63) is 21.4 Å². The lowest BCUT2D eigenvalue weighted by Gasteiger charge is -2.13. The van der Waals surface area contributed by atoms with Crippen molar-refractivity contribution in [1.29, 1.82) is 0 Å². The third kappa shape index (κ3) is 3.22. The van der Waals surface area contributed by atoms with Gasteiger partial charge in [0.2, 0.25) is 0 Å². The lowest BCUT2D eigenvalue weighted by molar-refractivity contribution is -0.275. The SMILES string of the molecule is NCc1ncc(Cl)c(Br)c1OC(F)(F)F. The number of aromatic nitrogens is 1. The molecule has 0 saturated carbocycles. The zero-order valence-corrected chi connectivity index (χ0v) is 9.45. The Labute approximate surface area is 96.5 Å². The van der Waals surface area contributed by atoms with E-state index in [0.29, 0.717) is 0 Å². The van der Waals surface area contributed by atoms with Crippen molar-refractivity contribution < 1.29 is 17.9 Å². The maximum absolute atomic E-state index is 12.0. The van der Waals surface area contributed by atoms with Crippen LogP contribution >= 0.6 is 27.5 Å². The highest BCUT2D eigenvalue weighted by atomic mass is 79.9. The van der Waals surface area contributed by atoms with Gasteiger partial charge in [-0.1, -0.05) is 11.6 Å². The molecule has 0 bridgehead atoms. The second-order valence-electron chi connectivity index (χ2n) is 2.45. The summed E-state index contributed by atoms with van der Waals surface area (Å²) in [5.41, 5.74) is 5.19. The van der Waals surface area contributed by atoms with Gasteiger partial charge in [0.15, 0.2) is 5.75 Å². The maximum Gasteiger partial charge on any atom is 0.573 e. The molecule has 0 unspecified atom stereocenters. The second-order valence-corrected chi connectivity index (χ2v) is 3.65. The number of hydrogen-bond acceptors (Lipinski definition) is 3. The molecular formula is C7H5BrClF3N2O. The zero-order valence-electron chi connectivity index (χ0n) is 7.11. The molecule has 0 saturated heterocycles. The summed E-state index contributed by atoms with van der Waals surface area (Å²) < 4.78 is 39.8. The van der Waals surface area contributed by atoms with Gasteiger partial charge < -0.3 is 10.5 Å². The highest BCUT2D eigenvalue weighted by Gasteiger charge is 2.33. The first-order chi connectivity index (χ1) is 6.85. The van der Waals surface area contributed by atoms with Gasteiger partial charge in [-0.05, 0) is 15.9 Å². The molecule has 1 aromatic rings. The number of pyridine rings is 1. The number of halogens is 5. The minimum absolute atomic E-state index is 0.0167. The van der Waals surface area contributed by atoms with Crippen LogP contribution in [0.25, 0.3) is 0 Å². The lowest BCUT2D eigenvalue weighted by Crippen LogP contribution is -2.19. The predicted octanol–water partition coefficient (Wildman–Crippen LogP) is 2.85.